The summed E-state index contributed by atoms with van der Waals surface area (Å²) in [4.78, 5) is 11.7. The molecule has 0 amide bonds. The van der Waals surface area contributed by atoms with E-state index in [0.29, 0.717) is 5.56 Å². The van der Waals surface area contributed by atoms with Gasteiger partial charge in [0.2, 0.25) is 0 Å². The van der Waals surface area contributed by atoms with Gasteiger partial charge in [-0.3, -0.25) is 4.79 Å². The van der Waals surface area contributed by atoms with Crippen molar-refractivity contribution in [3.8, 4) is 0 Å². The fourth-order valence-corrected chi connectivity index (χ4v) is 1.70. The fourth-order valence-electron chi connectivity index (χ4n) is 1.57. The van der Waals surface area contributed by atoms with E-state index in [2.05, 4.69) is 0 Å². The number of alkyl halides is 1. The highest BCUT2D eigenvalue weighted by Gasteiger charge is 2.11. The summed E-state index contributed by atoms with van der Waals surface area (Å²) in [6.45, 7) is 1.69. The number of benzene rings is 2. The minimum atomic E-state index is -0.467. The van der Waals surface area contributed by atoms with Crippen LogP contribution in [0.25, 0.3) is 10.8 Å². The van der Waals surface area contributed by atoms with E-state index in [1.807, 2.05) is 42.5 Å². The molecule has 1 atom stereocenters. The Kier molecular flexibility index (Phi) is 2.74. The zero-order valence-corrected chi connectivity index (χ0v) is 9.16. The first-order valence-corrected chi connectivity index (χ1v) is 5.29. The number of Topliss-reactive ketones (excluding diaryl/α,β-unsaturated/α-hetero) is 1. The maximum Gasteiger partial charge on any atom is 0.180 e. The molecule has 0 aliphatic rings. The van der Waals surface area contributed by atoms with Crippen molar-refractivity contribution in [3.63, 3.8) is 0 Å². The summed E-state index contributed by atoms with van der Waals surface area (Å²) in [7, 11) is 0. The second-order valence-electron chi connectivity index (χ2n) is 3.54. The van der Waals surface area contributed by atoms with Crippen molar-refractivity contribution in [1.82, 2.24) is 0 Å². The third-order valence-electron chi connectivity index (χ3n) is 2.40. The molecular weight excluding hydrogens is 208 g/mol. The molecule has 0 aliphatic carbocycles. The molecule has 2 heteroatoms. The molecule has 0 fully saturated rings. The van der Waals surface area contributed by atoms with Crippen LogP contribution in [0.3, 0.4) is 0 Å². The SMILES string of the molecule is CC(Cl)C(=O)c1ccc2ccccc2c1. The molecule has 0 radical (unpaired) electrons. The first-order valence-electron chi connectivity index (χ1n) is 4.85. The normalized spacial score (nSPS) is 12.7. The number of rotatable bonds is 2. The van der Waals surface area contributed by atoms with Crippen LogP contribution in [-0.2, 0) is 0 Å². The van der Waals surface area contributed by atoms with E-state index in [1.54, 1.807) is 6.92 Å². The van der Waals surface area contributed by atoms with Crippen molar-refractivity contribution < 1.29 is 4.79 Å². The van der Waals surface area contributed by atoms with Crippen LogP contribution in [0.2, 0.25) is 0 Å². The fraction of sp³-hybridized carbons (Fsp3) is 0.154. The van der Waals surface area contributed by atoms with Gasteiger partial charge in [-0.05, 0) is 23.8 Å². The summed E-state index contributed by atoms with van der Waals surface area (Å²) in [5.74, 6) is -0.0255. The lowest BCUT2D eigenvalue weighted by Gasteiger charge is -2.04. The first-order chi connectivity index (χ1) is 7.18. The maximum atomic E-state index is 11.7. The molecule has 1 nitrogen and oxygen atoms in total. The molecule has 0 saturated carbocycles. The summed E-state index contributed by atoms with van der Waals surface area (Å²) in [6.07, 6.45) is 0. The topological polar surface area (TPSA) is 17.1 Å². The van der Waals surface area contributed by atoms with Gasteiger partial charge in [0, 0.05) is 5.56 Å². The number of fused-ring (bicyclic) bond motifs is 1. The molecule has 0 N–H and O–H groups in total. The molecule has 0 heterocycles. The lowest BCUT2D eigenvalue weighted by atomic mass is 10.0. The summed E-state index contributed by atoms with van der Waals surface area (Å²) in [6, 6.07) is 13.6. The molecule has 0 saturated heterocycles. The summed E-state index contributed by atoms with van der Waals surface area (Å²) in [5.41, 5.74) is 0.677. The van der Waals surface area contributed by atoms with Gasteiger partial charge in [-0.2, -0.15) is 0 Å². The van der Waals surface area contributed by atoms with E-state index in [-0.39, 0.29) is 5.78 Å². The number of carbonyl (C=O) groups is 1. The van der Waals surface area contributed by atoms with Crippen molar-refractivity contribution >= 4 is 28.2 Å². The molecule has 76 valence electrons. The van der Waals surface area contributed by atoms with Gasteiger partial charge in [-0.15, -0.1) is 11.6 Å². The van der Waals surface area contributed by atoms with Crippen LogP contribution in [0, 0.1) is 0 Å². The molecule has 2 rings (SSSR count). The van der Waals surface area contributed by atoms with E-state index in [1.165, 1.54) is 0 Å². The molecule has 2 aromatic carbocycles. The average molecular weight is 219 g/mol. The van der Waals surface area contributed by atoms with Crippen molar-refractivity contribution in [2.24, 2.45) is 0 Å². The largest absolute Gasteiger partial charge is 0.293 e. The van der Waals surface area contributed by atoms with Gasteiger partial charge in [-0.1, -0.05) is 36.4 Å². The van der Waals surface area contributed by atoms with Gasteiger partial charge in [-0.25, -0.2) is 0 Å². The molecule has 15 heavy (non-hydrogen) atoms. The van der Waals surface area contributed by atoms with Gasteiger partial charge in [0.15, 0.2) is 5.78 Å². The Morgan fingerprint density at radius 1 is 1.13 bits per heavy atom. The van der Waals surface area contributed by atoms with Crippen molar-refractivity contribution in [2.75, 3.05) is 0 Å². The van der Waals surface area contributed by atoms with Crippen LogP contribution >= 0.6 is 11.6 Å². The van der Waals surface area contributed by atoms with Crippen LogP contribution in [-0.4, -0.2) is 11.2 Å². The third-order valence-corrected chi connectivity index (χ3v) is 2.59. The lowest BCUT2D eigenvalue weighted by Crippen LogP contribution is -2.09. The molecule has 0 aliphatic heterocycles. The highest BCUT2D eigenvalue weighted by atomic mass is 35.5. The Bertz CT molecular complexity index is 503. The third kappa shape index (κ3) is 2.02. The van der Waals surface area contributed by atoms with Crippen LogP contribution in [0.4, 0.5) is 0 Å². The molecule has 2 aromatic rings. The lowest BCUT2D eigenvalue weighted by molar-refractivity contribution is 0.0992. The van der Waals surface area contributed by atoms with Gasteiger partial charge < -0.3 is 0 Å². The van der Waals surface area contributed by atoms with E-state index >= 15 is 0 Å². The van der Waals surface area contributed by atoms with Crippen LogP contribution in [0.5, 0.6) is 0 Å². The van der Waals surface area contributed by atoms with Crippen LogP contribution < -0.4 is 0 Å². The molecule has 0 bridgehead atoms. The second-order valence-corrected chi connectivity index (χ2v) is 4.20. The zero-order chi connectivity index (χ0) is 10.8. The quantitative estimate of drug-likeness (QED) is 0.556. The molecule has 0 spiro atoms. The van der Waals surface area contributed by atoms with Gasteiger partial charge in [0.1, 0.15) is 0 Å². The van der Waals surface area contributed by atoms with Crippen molar-refractivity contribution in [2.45, 2.75) is 12.3 Å². The standard InChI is InChI=1S/C13H11ClO/c1-9(14)13(15)12-7-6-10-4-2-3-5-11(10)8-12/h2-9H,1H3. The zero-order valence-electron chi connectivity index (χ0n) is 8.41. The summed E-state index contributed by atoms with van der Waals surface area (Å²) in [5, 5.41) is 1.74. The van der Waals surface area contributed by atoms with Gasteiger partial charge in [0.05, 0.1) is 5.38 Å². The molecular formula is C13H11ClO. The second kappa shape index (κ2) is 4.03. The van der Waals surface area contributed by atoms with Gasteiger partial charge >= 0.3 is 0 Å². The van der Waals surface area contributed by atoms with Crippen molar-refractivity contribution in [1.29, 1.82) is 0 Å². The Morgan fingerprint density at radius 3 is 2.47 bits per heavy atom. The Morgan fingerprint density at radius 2 is 1.80 bits per heavy atom. The average Bonchev–Trinajstić information content (AvgIpc) is 2.27. The monoisotopic (exact) mass is 218 g/mol. The highest BCUT2D eigenvalue weighted by molar-refractivity contribution is 6.33. The summed E-state index contributed by atoms with van der Waals surface area (Å²) >= 11 is 5.76. The smallest absolute Gasteiger partial charge is 0.180 e. The predicted molar refractivity (Wildman–Crippen MR) is 63.6 cm³/mol. The maximum absolute atomic E-state index is 11.7. The number of halogens is 1. The van der Waals surface area contributed by atoms with Crippen LogP contribution in [0.15, 0.2) is 42.5 Å². The Hall–Kier alpha value is -1.34. The van der Waals surface area contributed by atoms with E-state index < -0.39 is 5.38 Å². The number of hydrogen-bond acceptors (Lipinski definition) is 1. The minimum absolute atomic E-state index is 0.0255. The van der Waals surface area contributed by atoms with E-state index in [0.717, 1.165) is 10.8 Å². The minimum Gasteiger partial charge on any atom is -0.293 e. The van der Waals surface area contributed by atoms with E-state index in [9.17, 15) is 4.79 Å². The highest BCUT2D eigenvalue weighted by Crippen LogP contribution is 2.17. The van der Waals surface area contributed by atoms with Crippen molar-refractivity contribution in [3.05, 3.63) is 48.0 Å². The van der Waals surface area contributed by atoms with E-state index in [4.69, 9.17) is 11.6 Å². The number of carbonyl (C=O) groups excluding carboxylic acids is 1. The van der Waals surface area contributed by atoms with Gasteiger partial charge in [0.25, 0.3) is 0 Å². The number of ketones is 1. The van der Waals surface area contributed by atoms with Crippen LogP contribution in [0.1, 0.15) is 17.3 Å². The molecule has 1 unspecified atom stereocenters. The molecule has 0 aromatic heterocycles. The summed E-state index contributed by atoms with van der Waals surface area (Å²) < 4.78 is 0. The Balaban J connectivity index is 2.52. The Labute approximate surface area is 93.7 Å². The predicted octanol–water partition coefficient (Wildman–Crippen LogP) is 3.65. The number of hydrogen-bond donors (Lipinski definition) is 0. The first kappa shape index (κ1) is 10.2.